The normalized spacial score (nSPS) is 43.2. The first-order valence-electron chi connectivity index (χ1n) is 8.65. The maximum atomic E-state index is 6.10. The summed E-state index contributed by atoms with van der Waals surface area (Å²) in [7, 11) is 2.16. The van der Waals surface area contributed by atoms with Crippen molar-refractivity contribution in [3.63, 3.8) is 0 Å². The van der Waals surface area contributed by atoms with Gasteiger partial charge in [-0.05, 0) is 50.5 Å². The maximum Gasteiger partial charge on any atom is 0.0939 e. The Kier molecular flexibility index (Phi) is 4.68. The van der Waals surface area contributed by atoms with Crippen LogP contribution >= 0.6 is 0 Å². The summed E-state index contributed by atoms with van der Waals surface area (Å²) in [5.74, 6) is 2.63. The van der Waals surface area contributed by atoms with Gasteiger partial charge < -0.3 is 14.8 Å². The van der Waals surface area contributed by atoms with Gasteiger partial charge in [-0.25, -0.2) is 0 Å². The zero-order chi connectivity index (χ0) is 14.0. The summed E-state index contributed by atoms with van der Waals surface area (Å²) in [4.78, 5) is 0. The van der Waals surface area contributed by atoms with Crippen LogP contribution in [0.4, 0.5) is 0 Å². The summed E-state index contributed by atoms with van der Waals surface area (Å²) < 4.78 is 11.7. The van der Waals surface area contributed by atoms with Crippen molar-refractivity contribution >= 4 is 0 Å². The van der Waals surface area contributed by atoms with Gasteiger partial charge in [0.05, 0.1) is 12.2 Å². The van der Waals surface area contributed by atoms with Crippen LogP contribution in [0.5, 0.6) is 0 Å². The lowest BCUT2D eigenvalue weighted by Gasteiger charge is -2.42. The molecule has 2 saturated heterocycles. The maximum absolute atomic E-state index is 6.10. The molecule has 1 saturated carbocycles. The molecule has 2 heterocycles. The first-order chi connectivity index (χ1) is 9.76. The Morgan fingerprint density at radius 2 is 2.10 bits per heavy atom. The zero-order valence-electron chi connectivity index (χ0n) is 13.2. The van der Waals surface area contributed by atoms with E-state index < -0.39 is 0 Å². The van der Waals surface area contributed by atoms with Gasteiger partial charge in [-0.3, -0.25) is 0 Å². The molecule has 1 aliphatic carbocycles. The van der Waals surface area contributed by atoms with E-state index in [-0.39, 0.29) is 5.60 Å². The molecule has 0 aromatic heterocycles. The summed E-state index contributed by atoms with van der Waals surface area (Å²) in [6.07, 6.45) is 9.18. The third-order valence-electron chi connectivity index (χ3n) is 6.11. The van der Waals surface area contributed by atoms with Crippen molar-refractivity contribution in [2.45, 2.75) is 63.5 Å². The Labute approximate surface area is 123 Å². The SMILES string of the molecule is CCC1CCC(C(NC)C2CCOC3(CCOC3)C2)C1. The van der Waals surface area contributed by atoms with Crippen molar-refractivity contribution in [2.24, 2.45) is 17.8 Å². The molecule has 2 aliphatic heterocycles. The molecule has 3 aliphatic rings. The molecule has 3 fully saturated rings. The minimum absolute atomic E-state index is 0.0563. The van der Waals surface area contributed by atoms with Gasteiger partial charge in [0.2, 0.25) is 0 Å². The van der Waals surface area contributed by atoms with E-state index in [2.05, 4.69) is 19.3 Å². The largest absolute Gasteiger partial charge is 0.378 e. The molecule has 1 N–H and O–H groups in total. The van der Waals surface area contributed by atoms with Crippen LogP contribution in [0.2, 0.25) is 0 Å². The Morgan fingerprint density at radius 3 is 2.75 bits per heavy atom. The molecule has 0 aromatic rings. The second kappa shape index (κ2) is 6.33. The van der Waals surface area contributed by atoms with Gasteiger partial charge in [0, 0.05) is 25.7 Å². The average Bonchev–Trinajstić information content (AvgIpc) is 3.10. The first kappa shape index (κ1) is 14.8. The standard InChI is InChI=1S/C17H31NO2/c1-3-13-4-5-14(10-13)16(18-2)15-6-8-20-17(11-15)7-9-19-12-17/h13-16,18H,3-12H2,1-2H3. The third kappa shape index (κ3) is 2.90. The molecule has 0 bridgehead atoms. The van der Waals surface area contributed by atoms with Crippen LogP contribution in [0.3, 0.4) is 0 Å². The lowest BCUT2D eigenvalue weighted by molar-refractivity contribution is -0.105. The molecular formula is C17H31NO2. The van der Waals surface area contributed by atoms with Crippen LogP contribution in [0.15, 0.2) is 0 Å². The molecule has 1 spiro atoms. The summed E-state index contributed by atoms with van der Waals surface area (Å²) >= 11 is 0. The molecule has 20 heavy (non-hydrogen) atoms. The molecule has 0 radical (unpaired) electrons. The van der Waals surface area contributed by atoms with Gasteiger partial charge in [0.25, 0.3) is 0 Å². The fourth-order valence-electron chi connectivity index (χ4n) is 4.90. The molecule has 5 unspecified atom stereocenters. The molecule has 5 atom stereocenters. The smallest absolute Gasteiger partial charge is 0.0939 e. The summed E-state index contributed by atoms with van der Waals surface area (Å²) in [5.41, 5.74) is 0.0563. The highest BCUT2D eigenvalue weighted by molar-refractivity contribution is 4.96. The first-order valence-corrected chi connectivity index (χ1v) is 8.65. The van der Waals surface area contributed by atoms with Crippen LogP contribution < -0.4 is 5.32 Å². The van der Waals surface area contributed by atoms with Crippen molar-refractivity contribution in [3.8, 4) is 0 Å². The summed E-state index contributed by atoms with van der Waals surface area (Å²) in [6, 6.07) is 0.688. The van der Waals surface area contributed by atoms with Gasteiger partial charge in [-0.15, -0.1) is 0 Å². The number of ether oxygens (including phenoxy) is 2. The molecule has 0 aromatic carbocycles. The van der Waals surface area contributed by atoms with E-state index in [9.17, 15) is 0 Å². The van der Waals surface area contributed by atoms with Crippen LogP contribution in [-0.2, 0) is 9.47 Å². The Hall–Kier alpha value is -0.120. The van der Waals surface area contributed by atoms with E-state index in [1.165, 1.54) is 38.5 Å². The van der Waals surface area contributed by atoms with Crippen molar-refractivity contribution in [3.05, 3.63) is 0 Å². The molecule has 3 heteroatoms. The topological polar surface area (TPSA) is 30.5 Å². The number of nitrogens with one attached hydrogen (secondary N) is 1. The van der Waals surface area contributed by atoms with E-state index in [0.717, 1.165) is 44.0 Å². The Bertz CT molecular complexity index is 314. The summed E-state index contributed by atoms with van der Waals surface area (Å²) in [5, 5.41) is 3.67. The predicted octanol–water partition coefficient (Wildman–Crippen LogP) is 2.99. The van der Waals surface area contributed by atoms with Gasteiger partial charge in [-0.1, -0.05) is 19.8 Å². The number of rotatable bonds is 4. The van der Waals surface area contributed by atoms with Gasteiger partial charge in [0.15, 0.2) is 0 Å². The van der Waals surface area contributed by atoms with E-state index in [4.69, 9.17) is 9.47 Å². The van der Waals surface area contributed by atoms with E-state index in [1.54, 1.807) is 0 Å². The van der Waals surface area contributed by atoms with Gasteiger partial charge in [0.1, 0.15) is 0 Å². The zero-order valence-corrected chi connectivity index (χ0v) is 13.2. The molecule has 0 amide bonds. The van der Waals surface area contributed by atoms with E-state index in [0.29, 0.717) is 6.04 Å². The van der Waals surface area contributed by atoms with E-state index >= 15 is 0 Å². The number of hydrogen-bond donors (Lipinski definition) is 1. The fourth-order valence-corrected chi connectivity index (χ4v) is 4.90. The van der Waals surface area contributed by atoms with E-state index in [1.807, 2.05) is 0 Å². The lowest BCUT2D eigenvalue weighted by Crippen LogP contribution is -2.48. The Balaban J connectivity index is 1.63. The molecular weight excluding hydrogens is 250 g/mol. The lowest BCUT2D eigenvalue weighted by atomic mass is 9.76. The second-order valence-corrected chi connectivity index (χ2v) is 7.25. The van der Waals surface area contributed by atoms with Crippen LogP contribution in [0.1, 0.15) is 51.9 Å². The predicted molar refractivity (Wildman–Crippen MR) is 80.8 cm³/mol. The average molecular weight is 281 g/mol. The van der Waals surface area contributed by atoms with Gasteiger partial charge >= 0.3 is 0 Å². The quantitative estimate of drug-likeness (QED) is 0.859. The monoisotopic (exact) mass is 281 g/mol. The highest BCUT2D eigenvalue weighted by Gasteiger charge is 2.44. The summed E-state index contributed by atoms with van der Waals surface area (Å²) in [6.45, 7) is 4.98. The van der Waals surface area contributed by atoms with Crippen LogP contribution in [-0.4, -0.2) is 38.5 Å². The van der Waals surface area contributed by atoms with Crippen molar-refractivity contribution < 1.29 is 9.47 Å². The van der Waals surface area contributed by atoms with Crippen molar-refractivity contribution in [1.29, 1.82) is 0 Å². The third-order valence-corrected chi connectivity index (χ3v) is 6.11. The highest BCUT2D eigenvalue weighted by atomic mass is 16.6. The van der Waals surface area contributed by atoms with Gasteiger partial charge in [-0.2, -0.15) is 0 Å². The van der Waals surface area contributed by atoms with Crippen LogP contribution in [0, 0.1) is 17.8 Å². The highest BCUT2D eigenvalue weighted by Crippen LogP contribution is 2.42. The fraction of sp³-hybridized carbons (Fsp3) is 1.00. The van der Waals surface area contributed by atoms with Crippen molar-refractivity contribution in [2.75, 3.05) is 26.9 Å². The number of hydrogen-bond acceptors (Lipinski definition) is 3. The minimum Gasteiger partial charge on any atom is -0.378 e. The molecule has 3 rings (SSSR count). The second-order valence-electron chi connectivity index (χ2n) is 7.25. The minimum atomic E-state index is 0.0563. The van der Waals surface area contributed by atoms with Crippen molar-refractivity contribution in [1.82, 2.24) is 5.32 Å². The molecule has 3 nitrogen and oxygen atoms in total. The van der Waals surface area contributed by atoms with Crippen LogP contribution in [0.25, 0.3) is 0 Å². The Morgan fingerprint density at radius 1 is 1.20 bits per heavy atom. The molecule has 116 valence electrons.